The number of esters is 1. The lowest BCUT2D eigenvalue weighted by atomic mass is 9.57. The van der Waals surface area contributed by atoms with Gasteiger partial charge in [0.05, 0.1) is 6.04 Å². The van der Waals surface area contributed by atoms with Crippen LogP contribution < -0.4 is 0 Å². The highest BCUT2D eigenvalue weighted by Gasteiger charge is 2.61. The van der Waals surface area contributed by atoms with Crippen molar-refractivity contribution in [2.75, 3.05) is 7.05 Å². The van der Waals surface area contributed by atoms with Crippen molar-refractivity contribution >= 4 is 5.97 Å². The van der Waals surface area contributed by atoms with Crippen LogP contribution in [0.2, 0.25) is 0 Å². The molecule has 7 unspecified atom stereocenters. The molecule has 0 radical (unpaired) electrons. The minimum Gasteiger partial charge on any atom is -0.461 e. The number of nitrogens with zero attached hydrogens (tertiary/aromatic N) is 1. The molecule has 17 heavy (non-hydrogen) atoms. The fraction of sp³-hybridized carbons (Fsp3) is 0.929. The fourth-order valence-electron chi connectivity index (χ4n) is 5.60. The van der Waals surface area contributed by atoms with E-state index >= 15 is 0 Å². The maximum atomic E-state index is 11.3. The lowest BCUT2D eigenvalue weighted by Crippen LogP contribution is -2.52. The molecule has 4 fully saturated rings. The summed E-state index contributed by atoms with van der Waals surface area (Å²) < 4.78 is 5.69. The monoisotopic (exact) mass is 235 g/mol. The molecular formula is C14H21NO2. The Morgan fingerprint density at radius 2 is 1.82 bits per heavy atom. The minimum atomic E-state index is -0.0897. The van der Waals surface area contributed by atoms with Crippen LogP contribution in [0.25, 0.3) is 0 Å². The highest BCUT2D eigenvalue weighted by Crippen LogP contribution is 2.59. The van der Waals surface area contributed by atoms with Gasteiger partial charge in [-0.25, -0.2) is 0 Å². The van der Waals surface area contributed by atoms with Gasteiger partial charge in [0.2, 0.25) is 0 Å². The van der Waals surface area contributed by atoms with Crippen LogP contribution >= 0.6 is 0 Å². The normalized spacial score (nSPS) is 55.3. The maximum Gasteiger partial charge on any atom is 0.302 e. The van der Waals surface area contributed by atoms with Gasteiger partial charge in [0.1, 0.15) is 6.10 Å². The van der Waals surface area contributed by atoms with E-state index in [1.54, 1.807) is 6.92 Å². The molecule has 0 amide bonds. The van der Waals surface area contributed by atoms with Gasteiger partial charge in [0.15, 0.2) is 0 Å². The van der Waals surface area contributed by atoms with E-state index < -0.39 is 0 Å². The maximum absolute atomic E-state index is 11.3. The van der Waals surface area contributed by atoms with Crippen LogP contribution in [0.1, 0.15) is 32.6 Å². The molecule has 0 spiro atoms. The zero-order chi connectivity index (χ0) is 11.7. The van der Waals surface area contributed by atoms with Crippen LogP contribution in [0.15, 0.2) is 0 Å². The minimum absolute atomic E-state index is 0.0897. The van der Waals surface area contributed by atoms with Gasteiger partial charge in [-0.2, -0.15) is 0 Å². The highest BCUT2D eigenvalue weighted by atomic mass is 16.5. The molecule has 1 saturated heterocycles. The van der Waals surface area contributed by atoms with Crippen molar-refractivity contribution in [3.8, 4) is 0 Å². The van der Waals surface area contributed by atoms with E-state index in [2.05, 4.69) is 11.9 Å². The molecule has 3 saturated carbocycles. The summed E-state index contributed by atoms with van der Waals surface area (Å²) >= 11 is 0. The van der Waals surface area contributed by atoms with Crippen molar-refractivity contribution in [2.24, 2.45) is 23.7 Å². The molecule has 94 valence electrons. The Kier molecular flexibility index (Phi) is 1.98. The second kappa shape index (κ2) is 3.25. The van der Waals surface area contributed by atoms with E-state index in [9.17, 15) is 4.79 Å². The summed E-state index contributed by atoms with van der Waals surface area (Å²) in [5, 5.41) is 0. The Hall–Kier alpha value is -0.570. The third-order valence-electron chi connectivity index (χ3n) is 6.02. The smallest absolute Gasteiger partial charge is 0.302 e. The quantitative estimate of drug-likeness (QED) is 0.647. The zero-order valence-corrected chi connectivity index (χ0v) is 10.6. The van der Waals surface area contributed by atoms with E-state index in [-0.39, 0.29) is 12.1 Å². The van der Waals surface area contributed by atoms with Gasteiger partial charge < -0.3 is 4.74 Å². The Morgan fingerprint density at radius 3 is 2.59 bits per heavy atom. The molecule has 4 rings (SSSR count). The van der Waals surface area contributed by atoms with E-state index in [4.69, 9.17) is 4.74 Å². The molecule has 0 N–H and O–H groups in total. The van der Waals surface area contributed by atoms with Gasteiger partial charge in [-0.1, -0.05) is 0 Å². The summed E-state index contributed by atoms with van der Waals surface area (Å²) in [6.07, 6.45) is 5.61. The predicted octanol–water partition coefficient (Wildman–Crippen LogP) is 1.67. The van der Waals surface area contributed by atoms with Crippen molar-refractivity contribution in [1.82, 2.24) is 4.90 Å². The Morgan fingerprint density at radius 1 is 1.12 bits per heavy atom. The van der Waals surface area contributed by atoms with Gasteiger partial charge >= 0.3 is 5.97 Å². The van der Waals surface area contributed by atoms with Gasteiger partial charge in [0, 0.05) is 13.0 Å². The summed E-state index contributed by atoms with van der Waals surface area (Å²) in [6, 6.07) is 1.31. The van der Waals surface area contributed by atoms with Crippen molar-refractivity contribution < 1.29 is 9.53 Å². The number of hydrogen-bond donors (Lipinski definition) is 0. The first kappa shape index (κ1) is 10.4. The average Bonchev–Trinajstić information content (AvgIpc) is 2.56. The molecule has 1 aliphatic heterocycles. The summed E-state index contributed by atoms with van der Waals surface area (Å²) in [6.45, 7) is 1.56. The van der Waals surface area contributed by atoms with Gasteiger partial charge in [-0.3, -0.25) is 9.69 Å². The number of rotatable bonds is 1. The van der Waals surface area contributed by atoms with Crippen molar-refractivity contribution in [2.45, 2.75) is 50.8 Å². The van der Waals surface area contributed by atoms with E-state index in [0.29, 0.717) is 12.0 Å². The molecule has 3 heteroatoms. The van der Waals surface area contributed by atoms with Gasteiger partial charge in [-0.05, 0) is 56.4 Å². The summed E-state index contributed by atoms with van der Waals surface area (Å²) in [5.41, 5.74) is 0. The van der Waals surface area contributed by atoms with Crippen LogP contribution in [0.5, 0.6) is 0 Å². The molecule has 3 nitrogen and oxygen atoms in total. The summed E-state index contributed by atoms with van der Waals surface area (Å²) in [7, 11) is 2.26. The summed E-state index contributed by atoms with van der Waals surface area (Å²) in [5.74, 6) is 3.18. The van der Waals surface area contributed by atoms with E-state index in [1.165, 1.54) is 25.7 Å². The molecule has 5 bridgehead atoms. The second-order valence-corrected chi connectivity index (χ2v) is 6.68. The Labute approximate surface area is 102 Å². The second-order valence-electron chi connectivity index (χ2n) is 6.68. The van der Waals surface area contributed by atoms with Crippen LogP contribution in [-0.4, -0.2) is 36.1 Å². The highest BCUT2D eigenvalue weighted by molar-refractivity contribution is 5.66. The molecule has 0 aromatic heterocycles. The summed E-state index contributed by atoms with van der Waals surface area (Å²) in [4.78, 5) is 13.9. The zero-order valence-electron chi connectivity index (χ0n) is 10.6. The topological polar surface area (TPSA) is 29.5 Å². The standard InChI is InChI=1S/C14H21NO2/c1-7(16)17-14-10-4-8-3-9(5-10)12-6-11(8)13(14)15(12)2/h8-14H,3-6H2,1-2H3. The van der Waals surface area contributed by atoms with Crippen molar-refractivity contribution in [3.63, 3.8) is 0 Å². The molecule has 7 atom stereocenters. The van der Waals surface area contributed by atoms with Gasteiger partial charge in [-0.15, -0.1) is 0 Å². The number of hydrogen-bond acceptors (Lipinski definition) is 3. The first-order chi connectivity index (χ1) is 8.15. The van der Waals surface area contributed by atoms with E-state index in [0.717, 1.165) is 23.8 Å². The molecule has 1 heterocycles. The van der Waals surface area contributed by atoms with Crippen LogP contribution in [0.3, 0.4) is 0 Å². The fourth-order valence-corrected chi connectivity index (χ4v) is 5.60. The number of carbonyl (C=O) groups is 1. The Balaban J connectivity index is 1.73. The number of likely N-dealkylation sites (tertiary alicyclic amines) is 1. The molecule has 4 aliphatic rings. The molecule has 3 aliphatic carbocycles. The molecule has 0 aromatic carbocycles. The van der Waals surface area contributed by atoms with Crippen LogP contribution in [0.4, 0.5) is 0 Å². The van der Waals surface area contributed by atoms with Crippen LogP contribution in [0, 0.1) is 23.7 Å². The third-order valence-corrected chi connectivity index (χ3v) is 6.02. The van der Waals surface area contributed by atoms with Crippen molar-refractivity contribution in [1.29, 1.82) is 0 Å². The molecular weight excluding hydrogens is 214 g/mol. The van der Waals surface area contributed by atoms with Crippen molar-refractivity contribution in [3.05, 3.63) is 0 Å². The largest absolute Gasteiger partial charge is 0.461 e. The number of carbonyl (C=O) groups excluding carboxylic acids is 1. The Bertz CT molecular complexity index is 369. The number of likely N-dealkylation sites (N-methyl/N-ethyl adjacent to an activating group) is 1. The predicted molar refractivity (Wildman–Crippen MR) is 63.3 cm³/mol. The lowest BCUT2D eigenvalue weighted by Gasteiger charge is -2.50. The first-order valence-corrected chi connectivity index (χ1v) is 7.04. The average molecular weight is 235 g/mol. The lowest BCUT2D eigenvalue weighted by molar-refractivity contribution is -0.159. The SMILES string of the molecule is CC(=O)OC1C2CC3CC(C2)C2CC3C1N2C. The first-order valence-electron chi connectivity index (χ1n) is 7.04. The van der Waals surface area contributed by atoms with E-state index in [1.807, 2.05) is 0 Å². The number of fused-ring (bicyclic) bond motifs is 4. The third kappa shape index (κ3) is 1.24. The molecule has 0 aromatic rings. The van der Waals surface area contributed by atoms with Gasteiger partial charge in [0.25, 0.3) is 0 Å². The van der Waals surface area contributed by atoms with Crippen LogP contribution in [-0.2, 0) is 9.53 Å². The number of ether oxygens (including phenoxy) is 1.